The number of hydrogen-bond donors (Lipinski definition) is 1. The maximum Gasteiger partial charge on any atom is 0.258 e. The number of nitrogens with zero attached hydrogens (tertiary/aromatic N) is 1. The molecule has 1 atom stereocenters. The van der Waals surface area contributed by atoms with Crippen molar-refractivity contribution in [3.63, 3.8) is 0 Å². The first-order chi connectivity index (χ1) is 13.6. The summed E-state index contributed by atoms with van der Waals surface area (Å²) in [6.07, 6.45) is 0. The van der Waals surface area contributed by atoms with Crippen LogP contribution in [-0.4, -0.2) is 17.4 Å². The monoisotopic (exact) mass is 372 g/mol. The lowest BCUT2D eigenvalue weighted by Gasteiger charge is -2.46. The third-order valence-electron chi connectivity index (χ3n) is 5.30. The van der Waals surface area contributed by atoms with Crippen LogP contribution in [0, 0.1) is 0 Å². The molecule has 3 aromatic carbocycles. The lowest BCUT2D eigenvalue weighted by atomic mass is 9.93. The molecule has 0 radical (unpaired) electrons. The highest BCUT2D eigenvalue weighted by molar-refractivity contribution is 6.02. The minimum atomic E-state index is -0.613. The Labute approximate surface area is 165 Å². The van der Waals surface area contributed by atoms with E-state index in [1.54, 1.807) is 0 Å². The van der Waals surface area contributed by atoms with E-state index in [0.717, 1.165) is 22.6 Å². The zero-order chi connectivity index (χ0) is 19.6. The molecule has 4 rings (SSSR count). The Morgan fingerprint density at radius 3 is 2.32 bits per heavy atom. The average molecular weight is 372 g/mol. The summed E-state index contributed by atoms with van der Waals surface area (Å²) >= 11 is 0. The first kappa shape index (κ1) is 18.1. The lowest BCUT2D eigenvalue weighted by Crippen LogP contribution is -2.55. The number of ether oxygens (including phenoxy) is 1. The Bertz CT molecular complexity index is 969. The van der Waals surface area contributed by atoms with Crippen molar-refractivity contribution in [3.8, 4) is 5.75 Å². The first-order valence-corrected chi connectivity index (χ1v) is 9.58. The van der Waals surface area contributed by atoms with Crippen molar-refractivity contribution in [2.75, 3.05) is 11.9 Å². The molecule has 4 nitrogen and oxygen atoms in total. The van der Waals surface area contributed by atoms with E-state index in [4.69, 9.17) is 4.74 Å². The molecule has 1 heterocycles. The molecule has 0 spiro atoms. The predicted octanol–water partition coefficient (Wildman–Crippen LogP) is 5.03. The molecule has 0 aliphatic carbocycles. The molecule has 1 amide bonds. The molecule has 3 aromatic rings. The fourth-order valence-corrected chi connectivity index (χ4v) is 3.76. The van der Waals surface area contributed by atoms with E-state index < -0.39 is 5.66 Å². The van der Waals surface area contributed by atoms with Crippen LogP contribution < -0.4 is 10.1 Å². The molecule has 0 bridgehead atoms. The van der Waals surface area contributed by atoms with Crippen LogP contribution in [0.3, 0.4) is 0 Å². The number of fused-ring (bicyclic) bond motifs is 1. The quantitative estimate of drug-likeness (QED) is 0.683. The van der Waals surface area contributed by atoms with Crippen LogP contribution in [-0.2, 0) is 12.3 Å². The van der Waals surface area contributed by atoms with Gasteiger partial charge in [0.25, 0.3) is 5.91 Å². The van der Waals surface area contributed by atoms with E-state index >= 15 is 0 Å². The highest BCUT2D eigenvalue weighted by atomic mass is 16.5. The number of nitrogens with one attached hydrogen (secondary N) is 1. The maximum atomic E-state index is 13.0. The highest BCUT2D eigenvalue weighted by Crippen LogP contribution is 2.38. The van der Waals surface area contributed by atoms with Crippen molar-refractivity contribution < 1.29 is 9.53 Å². The SMILES string of the molecule is CCN1C(=O)c2ccccc2NC1(C)c1ccc(OCc2ccccc2)cc1. The van der Waals surface area contributed by atoms with Crippen molar-refractivity contribution in [2.24, 2.45) is 0 Å². The van der Waals surface area contributed by atoms with Gasteiger partial charge in [-0.2, -0.15) is 0 Å². The minimum absolute atomic E-state index is 0.0451. The predicted molar refractivity (Wildman–Crippen MR) is 111 cm³/mol. The molecule has 1 unspecified atom stereocenters. The third-order valence-corrected chi connectivity index (χ3v) is 5.30. The summed E-state index contributed by atoms with van der Waals surface area (Å²) in [6, 6.07) is 25.7. The van der Waals surface area contributed by atoms with Gasteiger partial charge in [0.15, 0.2) is 0 Å². The standard InChI is InChI=1S/C24H24N2O2/c1-3-26-23(27)21-11-7-8-12-22(21)25-24(26,2)19-13-15-20(16-14-19)28-17-18-9-5-4-6-10-18/h4-16,25H,3,17H2,1-2H3. The second-order valence-electron chi connectivity index (χ2n) is 7.09. The number of rotatable bonds is 5. The molecule has 4 heteroatoms. The molecule has 1 aliphatic heterocycles. The van der Waals surface area contributed by atoms with E-state index in [1.165, 1.54) is 0 Å². The number of hydrogen-bond acceptors (Lipinski definition) is 3. The van der Waals surface area contributed by atoms with E-state index in [9.17, 15) is 4.79 Å². The fraction of sp³-hybridized carbons (Fsp3) is 0.208. The minimum Gasteiger partial charge on any atom is -0.489 e. The zero-order valence-corrected chi connectivity index (χ0v) is 16.2. The Hall–Kier alpha value is -3.27. The second kappa shape index (κ2) is 7.39. The van der Waals surface area contributed by atoms with Crippen molar-refractivity contribution in [2.45, 2.75) is 26.1 Å². The molecular weight excluding hydrogens is 348 g/mol. The lowest BCUT2D eigenvalue weighted by molar-refractivity contribution is 0.0553. The zero-order valence-electron chi connectivity index (χ0n) is 16.2. The van der Waals surface area contributed by atoms with E-state index in [0.29, 0.717) is 18.7 Å². The Morgan fingerprint density at radius 1 is 0.929 bits per heavy atom. The Balaban J connectivity index is 1.58. The molecule has 0 aromatic heterocycles. The number of amides is 1. The van der Waals surface area contributed by atoms with Gasteiger partial charge in [-0.3, -0.25) is 4.79 Å². The van der Waals surface area contributed by atoms with Crippen LogP contribution >= 0.6 is 0 Å². The van der Waals surface area contributed by atoms with Crippen LogP contribution in [0.5, 0.6) is 5.75 Å². The maximum absolute atomic E-state index is 13.0. The van der Waals surface area contributed by atoms with Crippen molar-refractivity contribution in [1.29, 1.82) is 0 Å². The van der Waals surface area contributed by atoms with Gasteiger partial charge in [0.1, 0.15) is 18.0 Å². The molecular formula is C24H24N2O2. The number of carbonyl (C=O) groups excluding carboxylic acids is 1. The summed E-state index contributed by atoms with van der Waals surface area (Å²) in [6.45, 7) is 5.19. The topological polar surface area (TPSA) is 41.6 Å². The highest BCUT2D eigenvalue weighted by Gasteiger charge is 2.41. The fourth-order valence-electron chi connectivity index (χ4n) is 3.76. The molecule has 28 heavy (non-hydrogen) atoms. The van der Waals surface area contributed by atoms with Crippen molar-refractivity contribution in [3.05, 3.63) is 95.6 Å². The summed E-state index contributed by atoms with van der Waals surface area (Å²) in [5.41, 5.74) is 3.11. The van der Waals surface area contributed by atoms with Crippen LogP contribution in [0.15, 0.2) is 78.9 Å². The molecule has 0 saturated carbocycles. The van der Waals surface area contributed by atoms with Crippen LogP contribution in [0.2, 0.25) is 0 Å². The number of anilines is 1. The molecule has 0 saturated heterocycles. The molecule has 0 fully saturated rings. The summed E-state index contributed by atoms with van der Waals surface area (Å²) in [7, 11) is 0. The first-order valence-electron chi connectivity index (χ1n) is 9.58. The van der Waals surface area contributed by atoms with Gasteiger partial charge < -0.3 is 15.0 Å². The average Bonchev–Trinajstić information content (AvgIpc) is 2.74. The Kier molecular flexibility index (Phi) is 4.78. The summed E-state index contributed by atoms with van der Waals surface area (Å²) in [5, 5.41) is 3.56. The van der Waals surface area contributed by atoms with Gasteiger partial charge in [0.2, 0.25) is 0 Å². The molecule has 1 N–H and O–H groups in total. The van der Waals surface area contributed by atoms with E-state index in [2.05, 4.69) is 5.32 Å². The number of carbonyl (C=O) groups is 1. The number of para-hydroxylation sites is 1. The van der Waals surface area contributed by atoms with Crippen LogP contribution in [0.1, 0.15) is 35.3 Å². The van der Waals surface area contributed by atoms with Gasteiger partial charge in [0, 0.05) is 12.2 Å². The number of benzene rings is 3. The van der Waals surface area contributed by atoms with Crippen molar-refractivity contribution >= 4 is 11.6 Å². The van der Waals surface area contributed by atoms with E-state index in [-0.39, 0.29) is 5.91 Å². The summed E-state index contributed by atoms with van der Waals surface area (Å²) in [5.74, 6) is 0.852. The summed E-state index contributed by atoms with van der Waals surface area (Å²) in [4.78, 5) is 14.9. The van der Waals surface area contributed by atoms with Crippen LogP contribution in [0.4, 0.5) is 5.69 Å². The van der Waals surface area contributed by atoms with Gasteiger partial charge in [-0.15, -0.1) is 0 Å². The van der Waals surface area contributed by atoms with Crippen LogP contribution in [0.25, 0.3) is 0 Å². The smallest absolute Gasteiger partial charge is 0.258 e. The van der Waals surface area contributed by atoms with Gasteiger partial charge in [-0.1, -0.05) is 54.6 Å². The summed E-state index contributed by atoms with van der Waals surface area (Å²) < 4.78 is 5.90. The Morgan fingerprint density at radius 2 is 1.61 bits per heavy atom. The normalized spacial score (nSPS) is 18.4. The third kappa shape index (κ3) is 3.22. The van der Waals surface area contributed by atoms with Crippen molar-refractivity contribution in [1.82, 2.24) is 4.90 Å². The van der Waals surface area contributed by atoms with Gasteiger partial charge in [-0.05, 0) is 49.2 Å². The largest absolute Gasteiger partial charge is 0.489 e. The molecule has 1 aliphatic rings. The van der Waals surface area contributed by atoms with Gasteiger partial charge in [0.05, 0.1) is 5.56 Å². The molecule has 142 valence electrons. The van der Waals surface area contributed by atoms with Gasteiger partial charge >= 0.3 is 0 Å². The van der Waals surface area contributed by atoms with Gasteiger partial charge in [-0.25, -0.2) is 0 Å². The van der Waals surface area contributed by atoms with E-state index in [1.807, 2.05) is 97.6 Å². The second-order valence-corrected chi connectivity index (χ2v) is 7.09.